The number of amides is 1. The fourth-order valence-corrected chi connectivity index (χ4v) is 2.89. The molecule has 0 spiro atoms. The molecular weight excluding hydrogens is 310 g/mol. The summed E-state index contributed by atoms with van der Waals surface area (Å²) in [6.07, 6.45) is 0. The number of halogens is 1. The monoisotopic (exact) mass is 323 g/mol. The highest BCUT2D eigenvalue weighted by atomic mass is 35.5. The second-order valence-corrected chi connectivity index (χ2v) is 5.27. The van der Waals surface area contributed by atoms with Gasteiger partial charge < -0.3 is 10.1 Å². The van der Waals surface area contributed by atoms with E-state index in [1.54, 1.807) is 6.92 Å². The second-order valence-electron chi connectivity index (χ2n) is 4.12. The number of anilines is 1. The Morgan fingerprint density at radius 1 is 1.29 bits per heavy atom. The van der Waals surface area contributed by atoms with Gasteiger partial charge in [-0.2, -0.15) is 0 Å². The van der Waals surface area contributed by atoms with Crippen LogP contribution in [0.4, 0.5) is 5.00 Å². The van der Waals surface area contributed by atoms with Gasteiger partial charge in [0.05, 0.1) is 6.61 Å². The third-order valence-electron chi connectivity index (χ3n) is 2.73. The molecule has 0 radical (unpaired) electrons. The van der Waals surface area contributed by atoms with Crippen LogP contribution in [-0.2, 0) is 9.53 Å². The van der Waals surface area contributed by atoms with E-state index >= 15 is 0 Å². The molecule has 2 aromatic rings. The topological polar surface area (TPSA) is 55.4 Å². The van der Waals surface area contributed by atoms with Crippen molar-refractivity contribution in [3.05, 3.63) is 41.3 Å². The van der Waals surface area contributed by atoms with Crippen molar-refractivity contribution in [3.8, 4) is 11.1 Å². The molecule has 0 fully saturated rings. The van der Waals surface area contributed by atoms with Crippen LogP contribution in [0.2, 0.25) is 0 Å². The second kappa shape index (κ2) is 7.24. The van der Waals surface area contributed by atoms with Gasteiger partial charge in [0.2, 0.25) is 5.91 Å². The molecule has 0 unspecified atom stereocenters. The Labute approximate surface area is 131 Å². The van der Waals surface area contributed by atoms with Gasteiger partial charge in [0.15, 0.2) is 0 Å². The van der Waals surface area contributed by atoms with E-state index in [1.165, 1.54) is 11.3 Å². The van der Waals surface area contributed by atoms with Crippen LogP contribution in [0.25, 0.3) is 11.1 Å². The van der Waals surface area contributed by atoms with Gasteiger partial charge in [-0.25, -0.2) is 4.79 Å². The molecule has 1 amide bonds. The molecule has 2 rings (SSSR count). The van der Waals surface area contributed by atoms with Crippen molar-refractivity contribution in [2.24, 2.45) is 0 Å². The fraction of sp³-hybridized carbons (Fsp3) is 0.200. The molecule has 21 heavy (non-hydrogen) atoms. The summed E-state index contributed by atoms with van der Waals surface area (Å²) >= 11 is 6.77. The Morgan fingerprint density at radius 3 is 2.62 bits per heavy atom. The molecular formula is C15H14ClNO3S. The number of thiophene rings is 1. The van der Waals surface area contributed by atoms with Gasteiger partial charge in [-0.15, -0.1) is 22.9 Å². The van der Waals surface area contributed by atoms with E-state index in [9.17, 15) is 9.59 Å². The maximum Gasteiger partial charge on any atom is 0.341 e. The summed E-state index contributed by atoms with van der Waals surface area (Å²) in [5.41, 5.74) is 2.00. The van der Waals surface area contributed by atoms with Gasteiger partial charge in [0.25, 0.3) is 0 Å². The molecule has 0 saturated carbocycles. The predicted molar refractivity (Wildman–Crippen MR) is 85.1 cm³/mol. The molecule has 0 aliphatic carbocycles. The summed E-state index contributed by atoms with van der Waals surface area (Å²) in [7, 11) is 0. The Bertz CT molecular complexity index is 640. The van der Waals surface area contributed by atoms with Crippen molar-refractivity contribution >= 4 is 39.8 Å². The lowest BCUT2D eigenvalue weighted by Crippen LogP contribution is -2.15. The number of nitrogens with one attached hydrogen (secondary N) is 1. The molecule has 0 aliphatic heterocycles. The minimum atomic E-state index is -0.456. The zero-order valence-corrected chi connectivity index (χ0v) is 13.0. The van der Waals surface area contributed by atoms with Gasteiger partial charge in [0, 0.05) is 10.9 Å². The molecule has 1 aromatic carbocycles. The van der Waals surface area contributed by atoms with Crippen LogP contribution in [0.5, 0.6) is 0 Å². The van der Waals surface area contributed by atoms with Crippen LogP contribution in [0.3, 0.4) is 0 Å². The van der Waals surface area contributed by atoms with Crippen LogP contribution in [-0.4, -0.2) is 24.4 Å². The first-order valence-electron chi connectivity index (χ1n) is 6.37. The summed E-state index contributed by atoms with van der Waals surface area (Å²) in [5.74, 6) is -0.980. The minimum Gasteiger partial charge on any atom is -0.462 e. The average Bonchev–Trinajstić information content (AvgIpc) is 2.92. The standard InChI is InChI=1S/C15H14ClNO3S/c1-2-20-15(19)13-11(10-6-4-3-5-7-10)9-21-14(13)17-12(18)8-16/h3-7,9H,2,8H2,1H3,(H,17,18). The van der Waals surface area contributed by atoms with Gasteiger partial charge in [-0.1, -0.05) is 30.3 Å². The summed E-state index contributed by atoms with van der Waals surface area (Å²) < 4.78 is 5.09. The Kier molecular flexibility index (Phi) is 5.36. The quantitative estimate of drug-likeness (QED) is 0.673. The van der Waals surface area contributed by atoms with Crippen LogP contribution in [0, 0.1) is 0 Å². The molecule has 1 N–H and O–H groups in total. The van der Waals surface area contributed by atoms with Crippen molar-refractivity contribution in [1.82, 2.24) is 0 Å². The largest absolute Gasteiger partial charge is 0.462 e. The first-order chi connectivity index (χ1) is 10.2. The van der Waals surface area contributed by atoms with Crippen molar-refractivity contribution in [1.29, 1.82) is 0 Å². The highest BCUT2D eigenvalue weighted by molar-refractivity contribution is 7.15. The van der Waals surface area contributed by atoms with E-state index < -0.39 is 5.97 Å². The highest BCUT2D eigenvalue weighted by Gasteiger charge is 2.22. The van der Waals surface area contributed by atoms with Crippen LogP contribution in [0.15, 0.2) is 35.7 Å². The summed E-state index contributed by atoms with van der Waals surface area (Å²) in [4.78, 5) is 23.7. The molecule has 6 heteroatoms. The fourth-order valence-electron chi connectivity index (χ4n) is 1.85. The number of rotatable bonds is 5. The van der Waals surface area contributed by atoms with Gasteiger partial charge >= 0.3 is 5.97 Å². The maximum atomic E-state index is 12.2. The summed E-state index contributed by atoms with van der Waals surface area (Å²) in [6, 6.07) is 9.48. The van der Waals surface area contributed by atoms with E-state index in [2.05, 4.69) is 5.32 Å². The third-order valence-corrected chi connectivity index (χ3v) is 3.87. The van der Waals surface area contributed by atoms with Gasteiger partial charge in [-0.05, 0) is 12.5 Å². The van der Waals surface area contributed by atoms with Gasteiger partial charge in [-0.3, -0.25) is 4.79 Å². The number of benzene rings is 1. The van der Waals surface area contributed by atoms with Crippen LogP contribution < -0.4 is 5.32 Å². The predicted octanol–water partition coefficient (Wildman–Crippen LogP) is 3.77. The number of carbonyl (C=O) groups excluding carboxylic acids is 2. The summed E-state index contributed by atoms with van der Waals surface area (Å²) in [6.45, 7) is 2.01. The molecule has 1 aromatic heterocycles. The van der Waals surface area contributed by atoms with E-state index in [1.807, 2.05) is 35.7 Å². The lowest BCUT2D eigenvalue weighted by molar-refractivity contribution is -0.113. The van der Waals surface area contributed by atoms with E-state index in [-0.39, 0.29) is 18.4 Å². The minimum absolute atomic E-state index is 0.166. The normalized spacial score (nSPS) is 10.2. The van der Waals surface area contributed by atoms with E-state index in [0.29, 0.717) is 10.6 Å². The van der Waals surface area contributed by atoms with Crippen LogP contribution >= 0.6 is 22.9 Å². The van der Waals surface area contributed by atoms with Crippen LogP contribution in [0.1, 0.15) is 17.3 Å². The van der Waals surface area contributed by atoms with Crippen molar-refractivity contribution in [2.45, 2.75) is 6.92 Å². The zero-order chi connectivity index (χ0) is 15.2. The van der Waals surface area contributed by atoms with Crippen molar-refractivity contribution in [3.63, 3.8) is 0 Å². The molecule has 0 atom stereocenters. The Balaban J connectivity index is 2.46. The van der Waals surface area contributed by atoms with Crippen molar-refractivity contribution in [2.75, 3.05) is 17.8 Å². The lowest BCUT2D eigenvalue weighted by atomic mass is 10.0. The SMILES string of the molecule is CCOC(=O)c1c(-c2ccccc2)csc1NC(=O)CCl. The molecule has 0 bridgehead atoms. The summed E-state index contributed by atoms with van der Waals surface area (Å²) in [5, 5.41) is 4.92. The molecule has 1 heterocycles. The van der Waals surface area contributed by atoms with E-state index in [4.69, 9.17) is 16.3 Å². The zero-order valence-electron chi connectivity index (χ0n) is 11.4. The smallest absolute Gasteiger partial charge is 0.341 e. The highest BCUT2D eigenvalue weighted by Crippen LogP contribution is 2.36. The lowest BCUT2D eigenvalue weighted by Gasteiger charge is -2.08. The number of carbonyl (C=O) groups is 2. The number of ether oxygens (including phenoxy) is 1. The molecule has 0 aliphatic rings. The number of hydrogen-bond donors (Lipinski definition) is 1. The van der Waals surface area contributed by atoms with Gasteiger partial charge in [0.1, 0.15) is 16.4 Å². The third kappa shape index (κ3) is 3.62. The van der Waals surface area contributed by atoms with Crippen molar-refractivity contribution < 1.29 is 14.3 Å². The molecule has 110 valence electrons. The average molecular weight is 324 g/mol. The number of alkyl halides is 1. The maximum absolute atomic E-state index is 12.2. The molecule has 4 nitrogen and oxygen atoms in total. The first kappa shape index (κ1) is 15.5. The first-order valence-corrected chi connectivity index (χ1v) is 7.78. The van der Waals surface area contributed by atoms with E-state index in [0.717, 1.165) is 11.1 Å². The number of esters is 1. The molecule has 0 saturated heterocycles. The number of hydrogen-bond acceptors (Lipinski definition) is 4. The Morgan fingerprint density at radius 2 is 2.00 bits per heavy atom. The Hall–Kier alpha value is -1.85.